The van der Waals surface area contributed by atoms with Gasteiger partial charge in [-0.25, -0.2) is 0 Å². The number of likely N-dealkylation sites (tertiary alicyclic amines) is 1. The molecule has 2 aromatic carbocycles. The molecule has 2 N–H and O–H groups in total. The number of nitrogens with zero attached hydrogens (tertiary/aromatic N) is 1. The van der Waals surface area contributed by atoms with Gasteiger partial charge in [0.15, 0.2) is 0 Å². The number of carbonyl (C=O) groups excluding carboxylic acids is 2. The van der Waals surface area contributed by atoms with E-state index in [4.69, 9.17) is 0 Å². The molecule has 1 unspecified atom stereocenters. The van der Waals surface area contributed by atoms with Crippen molar-refractivity contribution in [3.63, 3.8) is 0 Å². The first kappa shape index (κ1) is 17.9. The fraction of sp³-hybridized carbons (Fsp3) is 0.238. The predicted octanol–water partition coefficient (Wildman–Crippen LogP) is 2.44. The van der Waals surface area contributed by atoms with Crippen molar-refractivity contribution in [2.45, 2.75) is 18.9 Å². The Kier molecular flexibility index (Phi) is 5.81. The number of carbonyl (C=O) groups is 2. The number of rotatable bonds is 5. The zero-order chi connectivity index (χ0) is 18.4. The Morgan fingerprint density at radius 3 is 2.38 bits per heavy atom. The van der Waals surface area contributed by atoms with E-state index in [9.17, 15) is 14.7 Å². The van der Waals surface area contributed by atoms with E-state index in [1.54, 1.807) is 35.2 Å². The van der Waals surface area contributed by atoms with Crippen LogP contribution in [-0.2, 0) is 4.79 Å². The maximum Gasteiger partial charge on any atom is 0.270 e. The van der Waals surface area contributed by atoms with E-state index in [1.807, 2.05) is 36.4 Å². The highest BCUT2D eigenvalue weighted by Crippen LogP contribution is 2.20. The van der Waals surface area contributed by atoms with Gasteiger partial charge in [0.05, 0.1) is 12.6 Å². The molecular formula is C21H22N2O3. The number of nitrogens with one attached hydrogen (secondary N) is 1. The van der Waals surface area contributed by atoms with Crippen LogP contribution in [-0.4, -0.2) is 41.0 Å². The summed E-state index contributed by atoms with van der Waals surface area (Å²) >= 11 is 0. The van der Waals surface area contributed by atoms with Gasteiger partial charge in [0.2, 0.25) is 0 Å². The number of aliphatic hydroxyl groups excluding tert-OH is 1. The molecule has 1 fully saturated rings. The summed E-state index contributed by atoms with van der Waals surface area (Å²) < 4.78 is 0. The highest BCUT2D eigenvalue weighted by atomic mass is 16.3. The third-order valence-electron chi connectivity index (χ3n) is 4.47. The van der Waals surface area contributed by atoms with Crippen LogP contribution >= 0.6 is 0 Å². The average molecular weight is 350 g/mol. The maximum atomic E-state index is 13.0. The van der Waals surface area contributed by atoms with Crippen LogP contribution in [0.3, 0.4) is 0 Å². The molecule has 1 saturated heterocycles. The molecule has 0 spiro atoms. The molecular weight excluding hydrogens is 328 g/mol. The van der Waals surface area contributed by atoms with Crippen molar-refractivity contribution in [1.82, 2.24) is 10.2 Å². The minimum atomic E-state index is -0.333. The van der Waals surface area contributed by atoms with Crippen LogP contribution < -0.4 is 5.32 Å². The topological polar surface area (TPSA) is 69.6 Å². The average Bonchev–Trinajstić information content (AvgIpc) is 3.17. The number of hydrogen-bond acceptors (Lipinski definition) is 3. The second kappa shape index (κ2) is 8.45. The molecule has 1 heterocycles. The first-order valence-electron chi connectivity index (χ1n) is 8.74. The standard InChI is InChI=1S/C21H22N2O3/c24-15-18-12-7-13-23(18)21(26)19(14-16-8-3-1-4-9-16)22-20(25)17-10-5-2-6-11-17/h1-6,8-11,14,18,24H,7,12-13,15H2,(H,22,25)/b19-14-. The lowest BCUT2D eigenvalue weighted by atomic mass is 10.1. The van der Waals surface area contributed by atoms with Crippen molar-refractivity contribution >= 4 is 17.9 Å². The minimum absolute atomic E-state index is 0.0724. The SMILES string of the molecule is O=C(N/C(=C\c1ccccc1)C(=O)N1CCCC1CO)c1ccccc1. The van der Waals surface area contributed by atoms with Crippen molar-refractivity contribution in [1.29, 1.82) is 0 Å². The summed E-state index contributed by atoms with van der Waals surface area (Å²) in [5.41, 5.74) is 1.52. The van der Waals surface area contributed by atoms with Crippen molar-refractivity contribution in [2.24, 2.45) is 0 Å². The van der Waals surface area contributed by atoms with Crippen LogP contribution in [0.2, 0.25) is 0 Å². The number of benzene rings is 2. The summed E-state index contributed by atoms with van der Waals surface area (Å²) in [5, 5.41) is 12.3. The number of amides is 2. The summed E-state index contributed by atoms with van der Waals surface area (Å²) in [7, 11) is 0. The predicted molar refractivity (Wildman–Crippen MR) is 100 cm³/mol. The second-order valence-corrected chi connectivity index (χ2v) is 6.27. The quantitative estimate of drug-likeness (QED) is 0.814. The smallest absolute Gasteiger partial charge is 0.270 e. The van der Waals surface area contributed by atoms with Gasteiger partial charge in [0, 0.05) is 12.1 Å². The van der Waals surface area contributed by atoms with Gasteiger partial charge in [-0.05, 0) is 36.6 Å². The lowest BCUT2D eigenvalue weighted by Crippen LogP contribution is -2.42. The van der Waals surface area contributed by atoms with E-state index < -0.39 is 0 Å². The van der Waals surface area contributed by atoms with Gasteiger partial charge in [0.1, 0.15) is 5.70 Å². The highest BCUT2D eigenvalue weighted by Gasteiger charge is 2.30. The fourth-order valence-electron chi connectivity index (χ4n) is 3.10. The van der Waals surface area contributed by atoms with Gasteiger partial charge in [-0.3, -0.25) is 9.59 Å². The zero-order valence-corrected chi connectivity index (χ0v) is 14.5. The molecule has 1 atom stereocenters. The first-order valence-corrected chi connectivity index (χ1v) is 8.74. The Bertz CT molecular complexity index is 787. The van der Waals surface area contributed by atoms with Crippen LogP contribution in [0.1, 0.15) is 28.8 Å². The lowest BCUT2D eigenvalue weighted by Gasteiger charge is -2.24. The van der Waals surface area contributed by atoms with Crippen LogP contribution in [0.4, 0.5) is 0 Å². The first-order chi connectivity index (χ1) is 12.7. The Labute approximate surface area is 153 Å². The van der Waals surface area contributed by atoms with Gasteiger partial charge in [0.25, 0.3) is 11.8 Å². The molecule has 1 aliphatic rings. The van der Waals surface area contributed by atoms with Crippen molar-refractivity contribution in [3.8, 4) is 0 Å². The zero-order valence-electron chi connectivity index (χ0n) is 14.5. The highest BCUT2D eigenvalue weighted by molar-refractivity contribution is 6.05. The lowest BCUT2D eigenvalue weighted by molar-refractivity contribution is -0.128. The molecule has 2 amide bonds. The Balaban J connectivity index is 1.88. The molecule has 3 rings (SSSR count). The van der Waals surface area contributed by atoms with E-state index in [0.29, 0.717) is 12.1 Å². The van der Waals surface area contributed by atoms with E-state index >= 15 is 0 Å². The molecule has 0 saturated carbocycles. The van der Waals surface area contributed by atoms with Gasteiger partial charge in [-0.1, -0.05) is 48.5 Å². The van der Waals surface area contributed by atoms with Crippen LogP contribution in [0, 0.1) is 0 Å². The Morgan fingerprint density at radius 1 is 1.08 bits per heavy atom. The van der Waals surface area contributed by atoms with Gasteiger partial charge in [-0.2, -0.15) is 0 Å². The van der Waals surface area contributed by atoms with Crippen molar-refractivity contribution < 1.29 is 14.7 Å². The fourth-order valence-corrected chi connectivity index (χ4v) is 3.10. The maximum absolute atomic E-state index is 13.0. The summed E-state index contributed by atoms with van der Waals surface area (Å²) in [6, 6.07) is 18.0. The molecule has 26 heavy (non-hydrogen) atoms. The Morgan fingerprint density at radius 2 is 1.73 bits per heavy atom. The molecule has 1 aliphatic heterocycles. The van der Waals surface area contributed by atoms with E-state index in [-0.39, 0.29) is 30.2 Å². The summed E-state index contributed by atoms with van der Waals surface area (Å²) in [6.45, 7) is 0.508. The minimum Gasteiger partial charge on any atom is -0.394 e. The third-order valence-corrected chi connectivity index (χ3v) is 4.47. The molecule has 2 aromatic rings. The number of hydrogen-bond donors (Lipinski definition) is 2. The number of aliphatic hydroxyl groups is 1. The van der Waals surface area contributed by atoms with E-state index in [1.165, 1.54) is 0 Å². The monoisotopic (exact) mass is 350 g/mol. The normalized spacial score (nSPS) is 17.2. The Hall–Kier alpha value is -2.92. The molecule has 0 aliphatic carbocycles. The molecule has 134 valence electrons. The molecule has 0 radical (unpaired) electrons. The molecule has 5 nitrogen and oxygen atoms in total. The van der Waals surface area contributed by atoms with E-state index in [2.05, 4.69) is 5.32 Å². The molecule has 0 bridgehead atoms. The molecule has 0 aromatic heterocycles. The van der Waals surface area contributed by atoms with Gasteiger partial charge in [-0.15, -0.1) is 0 Å². The van der Waals surface area contributed by atoms with Crippen LogP contribution in [0.15, 0.2) is 66.4 Å². The van der Waals surface area contributed by atoms with Gasteiger partial charge < -0.3 is 15.3 Å². The second-order valence-electron chi connectivity index (χ2n) is 6.27. The van der Waals surface area contributed by atoms with Crippen molar-refractivity contribution in [2.75, 3.05) is 13.2 Å². The van der Waals surface area contributed by atoms with Crippen molar-refractivity contribution in [3.05, 3.63) is 77.5 Å². The summed E-state index contributed by atoms with van der Waals surface area (Å²) in [4.78, 5) is 27.2. The summed E-state index contributed by atoms with van der Waals surface area (Å²) in [6.07, 6.45) is 3.30. The van der Waals surface area contributed by atoms with E-state index in [0.717, 1.165) is 18.4 Å². The molecule has 5 heteroatoms. The van der Waals surface area contributed by atoms with Crippen LogP contribution in [0.25, 0.3) is 6.08 Å². The largest absolute Gasteiger partial charge is 0.394 e. The summed E-state index contributed by atoms with van der Waals surface area (Å²) in [5.74, 6) is -0.601. The van der Waals surface area contributed by atoms with Crippen LogP contribution in [0.5, 0.6) is 0 Å². The third kappa shape index (κ3) is 4.18. The van der Waals surface area contributed by atoms with Gasteiger partial charge >= 0.3 is 0 Å².